The number of nitrogen functional groups attached to an aromatic ring is 1. The van der Waals surface area contributed by atoms with Crippen LogP contribution in [0.1, 0.15) is 24.2 Å². The summed E-state index contributed by atoms with van der Waals surface area (Å²) in [7, 11) is 0. The van der Waals surface area contributed by atoms with Crippen LogP contribution < -0.4 is 10.6 Å². The van der Waals surface area contributed by atoms with Crippen LogP contribution in [0.5, 0.6) is 0 Å². The lowest BCUT2D eigenvalue weighted by molar-refractivity contribution is 0.0697. The highest BCUT2D eigenvalue weighted by Crippen LogP contribution is 2.29. The molecule has 0 radical (unpaired) electrons. The van der Waals surface area contributed by atoms with E-state index in [0.29, 0.717) is 22.0 Å². The van der Waals surface area contributed by atoms with Crippen LogP contribution in [0, 0.1) is 0 Å². The molecule has 1 aliphatic heterocycles. The number of carbonyl (C=O) groups is 1. The highest BCUT2D eigenvalue weighted by atomic mass is 32.2. The lowest BCUT2D eigenvalue weighted by Crippen LogP contribution is -2.41. The Bertz CT molecular complexity index is 457. The largest absolute Gasteiger partial charge is 0.478 e. The number of rotatable bonds is 2. The predicted octanol–water partition coefficient (Wildman–Crippen LogP) is 1.69. The minimum Gasteiger partial charge on any atom is -0.478 e. The van der Waals surface area contributed by atoms with Gasteiger partial charge in [0.25, 0.3) is 0 Å². The number of pyridine rings is 1. The van der Waals surface area contributed by atoms with Gasteiger partial charge in [0.15, 0.2) is 0 Å². The van der Waals surface area contributed by atoms with E-state index in [1.807, 2.05) is 16.7 Å². The van der Waals surface area contributed by atoms with Gasteiger partial charge in [-0.2, -0.15) is 11.8 Å². The molecule has 1 saturated heterocycles. The minimum absolute atomic E-state index is 0.182. The van der Waals surface area contributed by atoms with Crippen LogP contribution in [0.25, 0.3) is 0 Å². The molecular formula is C12H17N3O2S. The average molecular weight is 267 g/mol. The van der Waals surface area contributed by atoms with Gasteiger partial charge in [-0.15, -0.1) is 0 Å². The van der Waals surface area contributed by atoms with Gasteiger partial charge in [-0.25, -0.2) is 9.78 Å². The van der Waals surface area contributed by atoms with Crippen LogP contribution in [0.2, 0.25) is 0 Å². The van der Waals surface area contributed by atoms with Crippen molar-refractivity contribution < 1.29 is 9.90 Å². The van der Waals surface area contributed by atoms with Crippen LogP contribution in [0.3, 0.4) is 0 Å². The van der Waals surface area contributed by atoms with Gasteiger partial charge in [0.1, 0.15) is 11.4 Å². The molecule has 1 aliphatic rings. The van der Waals surface area contributed by atoms with E-state index in [9.17, 15) is 9.90 Å². The van der Waals surface area contributed by atoms with Gasteiger partial charge < -0.3 is 15.7 Å². The molecule has 2 rings (SSSR count). The van der Waals surface area contributed by atoms with E-state index >= 15 is 0 Å². The Balaban J connectivity index is 2.35. The van der Waals surface area contributed by atoms with Gasteiger partial charge in [0, 0.05) is 23.6 Å². The van der Waals surface area contributed by atoms with Gasteiger partial charge in [-0.3, -0.25) is 0 Å². The van der Waals surface area contributed by atoms with E-state index in [0.717, 1.165) is 13.1 Å². The Hall–Kier alpha value is -1.43. The summed E-state index contributed by atoms with van der Waals surface area (Å²) in [4.78, 5) is 17.5. The van der Waals surface area contributed by atoms with Crippen molar-refractivity contribution >= 4 is 29.2 Å². The van der Waals surface area contributed by atoms with Gasteiger partial charge in [0.05, 0.1) is 11.9 Å². The van der Waals surface area contributed by atoms with Gasteiger partial charge in [0.2, 0.25) is 0 Å². The van der Waals surface area contributed by atoms with Crippen molar-refractivity contribution in [2.45, 2.75) is 24.3 Å². The molecule has 6 heteroatoms. The summed E-state index contributed by atoms with van der Waals surface area (Å²) in [6, 6.07) is 1.47. The molecule has 0 bridgehead atoms. The van der Waals surface area contributed by atoms with Crippen LogP contribution in [0.4, 0.5) is 11.5 Å². The second-order valence-electron chi connectivity index (χ2n) is 4.61. The van der Waals surface area contributed by atoms with E-state index in [1.165, 1.54) is 12.3 Å². The first-order chi connectivity index (χ1) is 8.47. The number of nitrogens with zero attached hydrogens (tertiary/aromatic N) is 2. The van der Waals surface area contributed by atoms with Crippen molar-refractivity contribution in [2.24, 2.45) is 0 Å². The Labute approximate surface area is 110 Å². The van der Waals surface area contributed by atoms with E-state index in [4.69, 9.17) is 5.73 Å². The van der Waals surface area contributed by atoms with Crippen molar-refractivity contribution in [2.75, 3.05) is 23.7 Å². The van der Waals surface area contributed by atoms with Crippen LogP contribution >= 0.6 is 11.8 Å². The Morgan fingerprint density at radius 1 is 1.50 bits per heavy atom. The molecule has 0 spiro atoms. The maximum Gasteiger partial charge on any atom is 0.339 e. The minimum atomic E-state index is -0.983. The molecule has 0 aliphatic carbocycles. The first kappa shape index (κ1) is 13.0. The Morgan fingerprint density at radius 2 is 2.11 bits per heavy atom. The number of anilines is 2. The summed E-state index contributed by atoms with van der Waals surface area (Å²) >= 11 is 1.92. The van der Waals surface area contributed by atoms with Crippen molar-refractivity contribution in [1.82, 2.24) is 4.98 Å². The molecule has 18 heavy (non-hydrogen) atoms. The number of nitrogens with two attached hydrogens (primary N) is 1. The van der Waals surface area contributed by atoms with Crippen LogP contribution in [-0.4, -0.2) is 39.6 Å². The van der Waals surface area contributed by atoms with Crippen molar-refractivity contribution in [3.63, 3.8) is 0 Å². The second-order valence-corrected chi connectivity index (χ2v) is 6.49. The maximum atomic E-state index is 11.3. The number of carboxylic acid groups (broad SMARTS) is 1. The number of hydrogen-bond donors (Lipinski definition) is 2. The molecule has 0 amide bonds. The molecule has 1 fully saturated rings. The zero-order valence-electron chi connectivity index (χ0n) is 10.5. The van der Waals surface area contributed by atoms with Crippen molar-refractivity contribution in [3.8, 4) is 0 Å². The number of hydrogen-bond acceptors (Lipinski definition) is 5. The lowest BCUT2D eigenvalue weighted by Gasteiger charge is -2.36. The molecular weight excluding hydrogens is 250 g/mol. The van der Waals surface area contributed by atoms with Crippen LogP contribution in [0.15, 0.2) is 12.3 Å². The number of aromatic carboxylic acids is 1. The third-order valence-electron chi connectivity index (χ3n) is 2.84. The summed E-state index contributed by atoms with van der Waals surface area (Å²) in [5.41, 5.74) is 6.16. The number of carboxylic acids is 1. The quantitative estimate of drug-likeness (QED) is 0.849. The lowest BCUT2D eigenvalue weighted by atomic mass is 10.2. The Morgan fingerprint density at radius 3 is 2.67 bits per heavy atom. The number of thioether (sulfide) groups is 1. The van der Waals surface area contributed by atoms with E-state index in [1.54, 1.807) is 0 Å². The predicted molar refractivity (Wildman–Crippen MR) is 74.3 cm³/mol. The second kappa shape index (κ2) is 5.06. The molecule has 0 aromatic carbocycles. The average Bonchev–Trinajstić information content (AvgIpc) is 2.27. The molecule has 2 heterocycles. The molecule has 2 unspecified atom stereocenters. The molecule has 2 atom stereocenters. The normalized spacial score (nSPS) is 24.0. The molecule has 3 N–H and O–H groups in total. The van der Waals surface area contributed by atoms with E-state index < -0.39 is 5.97 Å². The van der Waals surface area contributed by atoms with Crippen LogP contribution in [-0.2, 0) is 0 Å². The third kappa shape index (κ3) is 2.69. The molecule has 5 nitrogen and oxygen atoms in total. The topological polar surface area (TPSA) is 79.5 Å². The molecule has 98 valence electrons. The monoisotopic (exact) mass is 267 g/mol. The van der Waals surface area contributed by atoms with Gasteiger partial charge >= 0.3 is 5.97 Å². The Kier molecular flexibility index (Phi) is 3.65. The summed E-state index contributed by atoms with van der Waals surface area (Å²) in [5.74, 6) is -0.459. The molecule has 1 aromatic rings. The highest BCUT2D eigenvalue weighted by Gasteiger charge is 2.26. The fourth-order valence-corrected chi connectivity index (χ4v) is 3.56. The van der Waals surface area contributed by atoms with Gasteiger partial charge in [-0.1, -0.05) is 13.8 Å². The summed E-state index contributed by atoms with van der Waals surface area (Å²) in [6.07, 6.45) is 1.51. The van der Waals surface area contributed by atoms with Gasteiger partial charge in [-0.05, 0) is 6.07 Å². The van der Waals surface area contributed by atoms with Crippen molar-refractivity contribution in [3.05, 3.63) is 17.8 Å². The summed E-state index contributed by atoms with van der Waals surface area (Å²) in [5, 5.41) is 10.2. The zero-order valence-corrected chi connectivity index (χ0v) is 11.3. The van der Waals surface area contributed by atoms with E-state index in [-0.39, 0.29) is 5.56 Å². The third-order valence-corrected chi connectivity index (χ3v) is 4.06. The molecule has 1 aromatic heterocycles. The standard InChI is InChI=1S/C12H17N3O2S/c1-7-5-15(6-8(2)18-7)11-10(12(16)17)3-9(13)4-14-11/h3-4,7-8H,5-6,13H2,1-2H3,(H,16,17). The maximum absolute atomic E-state index is 11.3. The number of aromatic nitrogens is 1. The first-order valence-corrected chi connectivity index (χ1v) is 6.81. The first-order valence-electron chi connectivity index (χ1n) is 5.86. The highest BCUT2D eigenvalue weighted by molar-refractivity contribution is 8.00. The van der Waals surface area contributed by atoms with E-state index in [2.05, 4.69) is 18.8 Å². The molecule has 0 saturated carbocycles. The SMILES string of the molecule is CC1CN(c2ncc(N)cc2C(=O)O)CC(C)S1. The summed E-state index contributed by atoms with van der Waals surface area (Å²) < 4.78 is 0. The zero-order chi connectivity index (χ0) is 13.3. The fourth-order valence-electron chi connectivity index (χ4n) is 2.23. The van der Waals surface area contributed by atoms with Crippen molar-refractivity contribution in [1.29, 1.82) is 0 Å². The fraction of sp³-hybridized carbons (Fsp3) is 0.500. The summed E-state index contributed by atoms with van der Waals surface area (Å²) in [6.45, 7) is 5.91. The smallest absolute Gasteiger partial charge is 0.339 e.